The summed E-state index contributed by atoms with van der Waals surface area (Å²) in [6.07, 6.45) is 4.83. The smallest absolute Gasteiger partial charge is 0.122 e. The summed E-state index contributed by atoms with van der Waals surface area (Å²) < 4.78 is 12.4. The lowest BCUT2D eigenvalue weighted by atomic mass is 10.2. The number of hydrogen-bond donors (Lipinski definition) is 1. The summed E-state index contributed by atoms with van der Waals surface area (Å²) in [6, 6.07) is 7.85. The summed E-state index contributed by atoms with van der Waals surface area (Å²) in [6.45, 7) is 2.67. The molecule has 0 radical (unpaired) electrons. The number of hydrogen-bond acceptors (Lipinski definition) is 4. The van der Waals surface area contributed by atoms with E-state index >= 15 is 0 Å². The van der Waals surface area contributed by atoms with Crippen LogP contribution < -0.4 is 14.8 Å². The fourth-order valence-corrected chi connectivity index (χ4v) is 2.00. The summed E-state index contributed by atoms with van der Waals surface area (Å²) in [5, 5.41) is 7.59. The monoisotopic (exact) mass is 275 g/mol. The van der Waals surface area contributed by atoms with Crippen molar-refractivity contribution in [3.63, 3.8) is 0 Å². The molecule has 0 aliphatic heterocycles. The molecule has 108 valence electrons. The Hall–Kier alpha value is -2.01. The highest BCUT2D eigenvalue weighted by Crippen LogP contribution is 2.22. The molecule has 2 rings (SSSR count). The normalized spacial score (nSPS) is 10.5. The van der Waals surface area contributed by atoms with Gasteiger partial charge in [0.1, 0.15) is 11.5 Å². The van der Waals surface area contributed by atoms with Crippen molar-refractivity contribution in [1.82, 2.24) is 15.1 Å². The van der Waals surface area contributed by atoms with E-state index in [9.17, 15) is 0 Å². The van der Waals surface area contributed by atoms with Gasteiger partial charge in [-0.3, -0.25) is 4.68 Å². The molecule has 0 amide bonds. The highest BCUT2D eigenvalue weighted by Gasteiger charge is 2.01. The zero-order valence-corrected chi connectivity index (χ0v) is 12.0. The first-order valence-corrected chi connectivity index (χ1v) is 6.72. The Morgan fingerprint density at radius 2 is 1.90 bits per heavy atom. The molecule has 1 N–H and O–H groups in total. The summed E-state index contributed by atoms with van der Waals surface area (Å²) >= 11 is 0. The van der Waals surface area contributed by atoms with Crippen LogP contribution in [0.3, 0.4) is 0 Å². The van der Waals surface area contributed by atoms with E-state index in [-0.39, 0.29) is 0 Å². The van der Waals surface area contributed by atoms with Gasteiger partial charge in [0, 0.05) is 31.5 Å². The Labute approximate surface area is 119 Å². The Balaban J connectivity index is 1.75. The number of methoxy groups -OCH3 is 2. The Bertz CT molecular complexity index is 490. The molecule has 0 saturated carbocycles. The Morgan fingerprint density at radius 1 is 1.15 bits per heavy atom. The van der Waals surface area contributed by atoms with E-state index in [0.717, 1.165) is 43.1 Å². The van der Waals surface area contributed by atoms with Gasteiger partial charge < -0.3 is 14.8 Å². The van der Waals surface area contributed by atoms with Crippen LogP contribution in [0, 0.1) is 0 Å². The van der Waals surface area contributed by atoms with Crippen molar-refractivity contribution >= 4 is 0 Å². The van der Waals surface area contributed by atoms with Gasteiger partial charge in [0.05, 0.1) is 14.2 Å². The molecular weight excluding hydrogens is 254 g/mol. The topological polar surface area (TPSA) is 48.3 Å². The van der Waals surface area contributed by atoms with E-state index in [1.165, 1.54) is 0 Å². The summed E-state index contributed by atoms with van der Waals surface area (Å²) in [4.78, 5) is 0. The number of aromatic nitrogens is 2. The number of ether oxygens (including phenoxy) is 2. The SMILES string of the molecule is COc1cc(CNCCCn2cccn2)cc(OC)c1. The van der Waals surface area contributed by atoms with Crippen molar-refractivity contribution in [2.45, 2.75) is 19.5 Å². The summed E-state index contributed by atoms with van der Waals surface area (Å²) in [5.41, 5.74) is 1.15. The fraction of sp³-hybridized carbons (Fsp3) is 0.400. The van der Waals surface area contributed by atoms with E-state index in [4.69, 9.17) is 9.47 Å². The maximum absolute atomic E-state index is 5.25. The van der Waals surface area contributed by atoms with Gasteiger partial charge >= 0.3 is 0 Å². The van der Waals surface area contributed by atoms with Crippen molar-refractivity contribution in [2.75, 3.05) is 20.8 Å². The lowest BCUT2D eigenvalue weighted by Gasteiger charge is -2.09. The largest absolute Gasteiger partial charge is 0.497 e. The molecule has 20 heavy (non-hydrogen) atoms. The minimum absolute atomic E-state index is 0.798. The van der Waals surface area contributed by atoms with Crippen LogP contribution in [0.4, 0.5) is 0 Å². The predicted molar refractivity (Wildman–Crippen MR) is 78.1 cm³/mol. The third-order valence-corrected chi connectivity index (χ3v) is 3.04. The number of nitrogens with zero attached hydrogens (tertiary/aromatic N) is 2. The lowest BCUT2D eigenvalue weighted by Crippen LogP contribution is -2.16. The van der Waals surface area contributed by atoms with E-state index < -0.39 is 0 Å². The Kier molecular flexibility index (Phi) is 5.43. The highest BCUT2D eigenvalue weighted by atomic mass is 16.5. The van der Waals surface area contributed by atoms with Gasteiger partial charge in [-0.1, -0.05) is 0 Å². The third-order valence-electron chi connectivity index (χ3n) is 3.04. The zero-order valence-electron chi connectivity index (χ0n) is 12.0. The summed E-state index contributed by atoms with van der Waals surface area (Å²) in [5.74, 6) is 1.63. The Morgan fingerprint density at radius 3 is 2.50 bits per heavy atom. The fourth-order valence-electron chi connectivity index (χ4n) is 2.00. The first-order valence-electron chi connectivity index (χ1n) is 6.72. The van der Waals surface area contributed by atoms with Gasteiger partial charge in [0.15, 0.2) is 0 Å². The molecule has 1 aromatic heterocycles. The molecule has 0 saturated heterocycles. The molecule has 0 bridgehead atoms. The van der Waals surface area contributed by atoms with Crippen LogP contribution in [0.1, 0.15) is 12.0 Å². The van der Waals surface area contributed by atoms with Crippen LogP contribution in [0.15, 0.2) is 36.7 Å². The minimum atomic E-state index is 0.798. The van der Waals surface area contributed by atoms with Crippen LogP contribution >= 0.6 is 0 Å². The second kappa shape index (κ2) is 7.55. The van der Waals surface area contributed by atoms with Crippen LogP contribution in [0.2, 0.25) is 0 Å². The first kappa shape index (κ1) is 14.4. The number of benzene rings is 1. The highest BCUT2D eigenvalue weighted by molar-refractivity contribution is 5.38. The molecule has 5 nitrogen and oxygen atoms in total. The second-order valence-electron chi connectivity index (χ2n) is 4.52. The molecule has 1 aromatic carbocycles. The van der Waals surface area contributed by atoms with Gasteiger partial charge in [-0.05, 0) is 36.7 Å². The maximum atomic E-state index is 5.25. The minimum Gasteiger partial charge on any atom is -0.497 e. The van der Waals surface area contributed by atoms with Crippen molar-refractivity contribution in [1.29, 1.82) is 0 Å². The predicted octanol–water partition coefficient (Wildman–Crippen LogP) is 2.08. The number of rotatable bonds is 8. The molecule has 0 fully saturated rings. The molecule has 0 spiro atoms. The second-order valence-corrected chi connectivity index (χ2v) is 4.52. The van der Waals surface area contributed by atoms with Crippen molar-refractivity contribution < 1.29 is 9.47 Å². The van der Waals surface area contributed by atoms with E-state index in [0.29, 0.717) is 0 Å². The van der Waals surface area contributed by atoms with Crippen molar-refractivity contribution in [2.24, 2.45) is 0 Å². The van der Waals surface area contributed by atoms with Crippen LogP contribution in [-0.2, 0) is 13.1 Å². The standard InChI is InChI=1S/C15H21N3O2/c1-19-14-9-13(10-15(11-14)20-2)12-16-5-3-7-18-8-4-6-17-18/h4,6,8-11,16H,3,5,7,12H2,1-2H3. The molecule has 0 aliphatic carbocycles. The average Bonchev–Trinajstić information content (AvgIpc) is 2.99. The van der Waals surface area contributed by atoms with Crippen LogP contribution in [0.5, 0.6) is 11.5 Å². The van der Waals surface area contributed by atoms with Crippen LogP contribution in [0.25, 0.3) is 0 Å². The molecular formula is C15H21N3O2. The maximum Gasteiger partial charge on any atom is 0.122 e. The van der Waals surface area contributed by atoms with E-state index in [1.807, 2.05) is 35.1 Å². The molecule has 0 atom stereocenters. The van der Waals surface area contributed by atoms with Gasteiger partial charge in [-0.2, -0.15) is 5.10 Å². The first-order chi connectivity index (χ1) is 9.81. The zero-order chi connectivity index (χ0) is 14.2. The molecule has 2 aromatic rings. The van der Waals surface area contributed by atoms with E-state index in [1.54, 1.807) is 20.4 Å². The number of aryl methyl sites for hydroxylation is 1. The molecule has 0 aliphatic rings. The molecule has 1 heterocycles. The van der Waals surface area contributed by atoms with Gasteiger partial charge in [0.25, 0.3) is 0 Å². The summed E-state index contributed by atoms with van der Waals surface area (Å²) in [7, 11) is 3.33. The van der Waals surface area contributed by atoms with E-state index in [2.05, 4.69) is 10.4 Å². The quantitative estimate of drug-likeness (QED) is 0.749. The lowest BCUT2D eigenvalue weighted by molar-refractivity contribution is 0.393. The van der Waals surface area contributed by atoms with Gasteiger partial charge in [-0.15, -0.1) is 0 Å². The average molecular weight is 275 g/mol. The van der Waals surface area contributed by atoms with Gasteiger partial charge in [-0.25, -0.2) is 0 Å². The molecule has 5 heteroatoms. The third kappa shape index (κ3) is 4.28. The van der Waals surface area contributed by atoms with Crippen molar-refractivity contribution in [3.05, 3.63) is 42.2 Å². The van der Waals surface area contributed by atoms with Crippen molar-refractivity contribution in [3.8, 4) is 11.5 Å². The van der Waals surface area contributed by atoms with Gasteiger partial charge in [0.2, 0.25) is 0 Å². The molecule has 0 unspecified atom stereocenters. The number of nitrogens with one attached hydrogen (secondary N) is 1. The van der Waals surface area contributed by atoms with Crippen LogP contribution in [-0.4, -0.2) is 30.5 Å².